The Morgan fingerprint density at radius 2 is 1.05 bits per heavy atom. The van der Waals surface area contributed by atoms with Crippen LogP contribution in [0.3, 0.4) is 0 Å². The molecule has 4 aromatic rings. The standard InChI is InChI=1S/C26H32N4O2S2.C21H30F3N3O2S/c31-34(32,25-19-22-4-3-11-27-26(22)33-25)30-16-14-29(15-17-30)24-8-7-20-9-12-28(13-10-21(20)18-24)23-5-1-2-6-23;22-21(23,24)16-30(28,29)27-13-11-26(12-14-27)20-6-5-17-7-9-25(10-8-18(17)15-20)19-3-1-2-4-19/h3-4,7-8,11,18-19,23H,1-2,5-6,9-10,12-17H2;5-6,15,19H,1-4,7-14,16H2. The highest BCUT2D eigenvalue weighted by molar-refractivity contribution is 7.91. The number of anilines is 2. The van der Waals surface area contributed by atoms with Crippen LogP contribution in [0.25, 0.3) is 10.2 Å². The van der Waals surface area contributed by atoms with E-state index in [4.69, 9.17) is 0 Å². The molecule has 6 aliphatic rings. The number of thiophene rings is 1. The van der Waals surface area contributed by atoms with E-state index in [1.54, 1.807) is 16.6 Å². The van der Waals surface area contributed by atoms with Crippen LogP contribution in [0.5, 0.6) is 0 Å². The van der Waals surface area contributed by atoms with Crippen LogP contribution >= 0.6 is 11.3 Å². The first-order chi connectivity index (χ1) is 30.8. The predicted molar refractivity (Wildman–Crippen MR) is 250 cm³/mol. The van der Waals surface area contributed by atoms with Crippen molar-refractivity contribution in [3.05, 3.63) is 83.0 Å². The Balaban J connectivity index is 0.000000163. The summed E-state index contributed by atoms with van der Waals surface area (Å²) in [6.07, 6.45) is 12.1. The number of fused-ring (bicyclic) bond motifs is 3. The minimum absolute atomic E-state index is 0.0882. The van der Waals surface area contributed by atoms with E-state index in [0.717, 1.165) is 90.7 Å². The number of hydrogen-bond acceptors (Lipinski definition) is 10. The second-order valence-electron chi connectivity index (χ2n) is 18.5. The lowest BCUT2D eigenvalue weighted by Gasteiger charge is -2.35. The van der Waals surface area contributed by atoms with Crippen molar-refractivity contribution >= 4 is 53.0 Å². The smallest absolute Gasteiger partial charge is 0.369 e. The average Bonchev–Trinajstić information content (AvgIpc) is 4.06. The molecule has 4 aliphatic heterocycles. The zero-order valence-electron chi connectivity index (χ0n) is 36.7. The van der Waals surface area contributed by atoms with Crippen LogP contribution in [-0.2, 0) is 45.7 Å². The number of alkyl halides is 3. The van der Waals surface area contributed by atoms with Gasteiger partial charge in [-0.15, -0.1) is 11.3 Å². The largest absolute Gasteiger partial charge is 0.404 e. The number of benzene rings is 2. The highest BCUT2D eigenvalue weighted by Gasteiger charge is 2.39. The minimum Gasteiger partial charge on any atom is -0.369 e. The van der Waals surface area contributed by atoms with Gasteiger partial charge >= 0.3 is 6.18 Å². The third-order valence-corrected chi connectivity index (χ3v) is 19.8. The Morgan fingerprint density at radius 3 is 1.52 bits per heavy atom. The van der Waals surface area contributed by atoms with E-state index >= 15 is 0 Å². The molecule has 0 spiro atoms. The van der Waals surface area contributed by atoms with E-state index in [1.807, 2.05) is 12.1 Å². The molecule has 2 saturated carbocycles. The molecule has 0 bridgehead atoms. The molecule has 0 amide bonds. The fraction of sp³-hybridized carbons (Fsp3) is 0.596. The first-order valence-corrected chi connectivity index (χ1v) is 27.3. The molecule has 6 heterocycles. The first-order valence-electron chi connectivity index (χ1n) is 23.4. The van der Waals surface area contributed by atoms with Crippen LogP contribution in [0, 0.1) is 0 Å². The summed E-state index contributed by atoms with van der Waals surface area (Å²) in [5.74, 6) is -1.78. The number of halogens is 3. The number of piperazine rings is 2. The van der Waals surface area contributed by atoms with E-state index in [9.17, 15) is 30.0 Å². The summed E-state index contributed by atoms with van der Waals surface area (Å²) in [5.41, 5.74) is 7.97. The van der Waals surface area contributed by atoms with Gasteiger partial charge in [-0.25, -0.2) is 21.8 Å². The summed E-state index contributed by atoms with van der Waals surface area (Å²) in [6, 6.07) is 20.4. The highest BCUT2D eigenvalue weighted by Crippen LogP contribution is 2.33. The summed E-state index contributed by atoms with van der Waals surface area (Å²) in [5, 5.41) is 0.890. The number of pyridine rings is 1. The Bertz CT molecular complexity index is 2420. The second-order valence-corrected chi connectivity index (χ2v) is 23.6. The number of rotatable bonds is 8. The van der Waals surface area contributed by atoms with Gasteiger partial charge in [0.2, 0.25) is 10.0 Å². The van der Waals surface area contributed by atoms with Crippen LogP contribution in [0.15, 0.2) is 65.0 Å². The monoisotopic (exact) mass is 941 g/mol. The molecule has 64 heavy (non-hydrogen) atoms. The van der Waals surface area contributed by atoms with Gasteiger partial charge < -0.3 is 9.80 Å². The molecule has 10 rings (SSSR count). The van der Waals surface area contributed by atoms with Crippen LogP contribution in [-0.4, -0.2) is 143 Å². The summed E-state index contributed by atoms with van der Waals surface area (Å²) >= 11 is 1.26. The lowest BCUT2D eigenvalue weighted by Crippen LogP contribution is -2.50. The van der Waals surface area contributed by atoms with Crippen LogP contribution in [0.4, 0.5) is 24.5 Å². The fourth-order valence-corrected chi connectivity index (χ4v) is 15.1. The summed E-state index contributed by atoms with van der Waals surface area (Å²) in [7, 11) is -7.79. The van der Waals surface area contributed by atoms with Crippen molar-refractivity contribution in [1.29, 1.82) is 0 Å². The molecule has 2 aliphatic carbocycles. The van der Waals surface area contributed by atoms with Gasteiger partial charge in [0.05, 0.1) is 0 Å². The van der Waals surface area contributed by atoms with Gasteiger partial charge in [-0.2, -0.15) is 21.8 Å². The van der Waals surface area contributed by atoms with E-state index in [-0.39, 0.29) is 13.1 Å². The first kappa shape index (κ1) is 45.8. The van der Waals surface area contributed by atoms with Crippen LogP contribution in [0.1, 0.15) is 73.6 Å². The van der Waals surface area contributed by atoms with Crippen molar-refractivity contribution in [1.82, 2.24) is 23.4 Å². The summed E-state index contributed by atoms with van der Waals surface area (Å²) in [6.45, 7) is 7.97. The van der Waals surface area contributed by atoms with E-state index in [0.29, 0.717) is 30.4 Å². The lowest BCUT2D eigenvalue weighted by molar-refractivity contribution is -0.107. The van der Waals surface area contributed by atoms with Gasteiger partial charge in [0, 0.05) is 114 Å². The average molecular weight is 942 g/mol. The maximum Gasteiger partial charge on any atom is 0.404 e. The molecular weight excluding hydrogens is 880 g/mol. The van der Waals surface area contributed by atoms with Crippen molar-refractivity contribution in [2.45, 2.75) is 99.5 Å². The SMILES string of the molecule is O=S(=O)(CC(F)(F)F)N1CCN(c2ccc3c(c2)CCN(C2CCCC2)CC3)CC1.O=S(=O)(c1cc2cccnc2s1)N1CCN(c2ccc3c(c2)CCN(C2CCCC2)CC3)CC1. The van der Waals surface area contributed by atoms with Crippen molar-refractivity contribution in [2.24, 2.45) is 0 Å². The van der Waals surface area contributed by atoms with Crippen molar-refractivity contribution in [3.63, 3.8) is 0 Å². The lowest BCUT2D eigenvalue weighted by atomic mass is 10.0. The molecule has 2 aromatic heterocycles. The molecule has 0 unspecified atom stereocenters. The molecule has 0 radical (unpaired) electrons. The van der Waals surface area contributed by atoms with Crippen molar-refractivity contribution in [3.8, 4) is 0 Å². The Hall–Kier alpha value is -3.32. The maximum atomic E-state index is 13.3. The Labute approximate surface area is 381 Å². The number of aromatic nitrogens is 1. The summed E-state index contributed by atoms with van der Waals surface area (Å²) in [4.78, 5) is 14.9. The topological polar surface area (TPSA) is 101 Å². The van der Waals surface area contributed by atoms with E-state index in [1.165, 1.54) is 97.2 Å². The third kappa shape index (κ3) is 10.6. The molecular formula is C47H62F3N7O4S3. The number of hydrogen-bond donors (Lipinski definition) is 0. The molecule has 0 N–H and O–H groups in total. The van der Waals surface area contributed by atoms with E-state index < -0.39 is 32.0 Å². The van der Waals surface area contributed by atoms with Gasteiger partial charge in [0.25, 0.3) is 10.0 Å². The zero-order valence-corrected chi connectivity index (χ0v) is 39.2. The number of nitrogens with zero attached hydrogens (tertiary/aromatic N) is 7. The van der Waals surface area contributed by atoms with Gasteiger partial charge in [-0.3, -0.25) is 9.80 Å². The molecule has 0 atom stereocenters. The molecule has 11 nitrogen and oxygen atoms in total. The predicted octanol–water partition coefficient (Wildman–Crippen LogP) is 7.19. The minimum atomic E-state index is -4.71. The molecule has 348 valence electrons. The van der Waals surface area contributed by atoms with Gasteiger partial charge in [-0.1, -0.05) is 43.9 Å². The summed E-state index contributed by atoms with van der Waals surface area (Å²) < 4.78 is 91.1. The molecule has 2 saturated heterocycles. The quantitative estimate of drug-likeness (QED) is 0.182. The Morgan fingerprint density at radius 1 is 0.578 bits per heavy atom. The highest BCUT2D eigenvalue weighted by atomic mass is 32.2. The van der Waals surface area contributed by atoms with Gasteiger partial charge in [0.1, 0.15) is 9.04 Å². The van der Waals surface area contributed by atoms with Gasteiger partial charge in [0.15, 0.2) is 5.75 Å². The fourth-order valence-electron chi connectivity index (χ4n) is 10.9. The maximum absolute atomic E-state index is 13.3. The van der Waals surface area contributed by atoms with E-state index in [2.05, 4.69) is 61.0 Å². The molecule has 2 aromatic carbocycles. The van der Waals surface area contributed by atoms with Crippen LogP contribution < -0.4 is 9.80 Å². The van der Waals surface area contributed by atoms with Crippen LogP contribution in [0.2, 0.25) is 0 Å². The molecule has 17 heteroatoms. The normalized spacial score (nSPS) is 21.9. The second kappa shape index (κ2) is 19.5. The van der Waals surface area contributed by atoms with Crippen molar-refractivity contribution in [2.75, 3.05) is 94.1 Å². The van der Waals surface area contributed by atoms with Gasteiger partial charge in [-0.05, 0) is 110 Å². The number of sulfonamides is 2. The third-order valence-electron chi connectivity index (χ3n) is 14.5. The zero-order chi connectivity index (χ0) is 44.5. The Kier molecular flexibility index (Phi) is 14.0. The van der Waals surface area contributed by atoms with Crippen molar-refractivity contribution < 1.29 is 30.0 Å². The molecule has 4 fully saturated rings.